The van der Waals surface area contributed by atoms with Crippen molar-refractivity contribution < 1.29 is 23.7 Å². The number of ether oxygens (including phenoxy) is 4. The molecule has 0 saturated carbocycles. The van der Waals surface area contributed by atoms with Crippen molar-refractivity contribution in [2.45, 2.75) is 19.9 Å². The predicted octanol–water partition coefficient (Wildman–Crippen LogP) is 4.66. The van der Waals surface area contributed by atoms with Crippen LogP contribution in [0, 0.1) is 0 Å². The van der Waals surface area contributed by atoms with Crippen LogP contribution in [0.4, 0.5) is 0 Å². The summed E-state index contributed by atoms with van der Waals surface area (Å²) in [6, 6.07) is 8.65. The number of amides is 1. The Morgan fingerprint density at radius 1 is 1.10 bits per heavy atom. The number of methoxy groups -OCH3 is 3. The van der Waals surface area contributed by atoms with Gasteiger partial charge in [-0.2, -0.15) is 0 Å². The SMILES string of the molecule is CCOc1cc(/C=C/C(=O)N[C@@H](C)c2cc(OC)ccc2OC)cc(Cl)c1OC. The number of rotatable bonds is 9. The van der Waals surface area contributed by atoms with Crippen LogP contribution >= 0.6 is 11.6 Å². The minimum atomic E-state index is -0.282. The molecule has 0 aromatic heterocycles. The van der Waals surface area contributed by atoms with Crippen molar-refractivity contribution in [1.82, 2.24) is 5.32 Å². The maximum atomic E-state index is 12.4. The van der Waals surface area contributed by atoms with E-state index in [1.165, 1.54) is 13.2 Å². The molecule has 29 heavy (non-hydrogen) atoms. The molecule has 2 aromatic carbocycles. The fourth-order valence-electron chi connectivity index (χ4n) is 2.83. The van der Waals surface area contributed by atoms with Crippen LogP contribution in [0.3, 0.4) is 0 Å². The molecule has 6 nitrogen and oxygen atoms in total. The molecule has 0 saturated heterocycles. The molecule has 0 heterocycles. The number of carbonyl (C=O) groups excluding carboxylic acids is 1. The molecular formula is C22H26ClNO5. The molecule has 1 N–H and O–H groups in total. The summed E-state index contributed by atoms with van der Waals surface area (Å²) in [6.45, 7) is 4.22. The Hall–Kier alpha value is -2.86. The van der Waals surface area contributed by atoms with Gasteiger partial charge in [-0.3, -0.25) is 4.79 Å². The second kappa shape index (κ2) is 10.6. The van der Waals surface area contributed by atoms with Crippen molar-refractivity contribution in [1.29, 1.82) is 0 Å². The van der Waals surface area contributed by atoms with Crippen LogP contribution in [0.25, 0.3) is 6.08 Å². The summed E-state index contributed by atoms with van der Waals surface area (Å²) in [7, 11) is 4.71. The third-order valence-corrected chi connectivity index (χ3v) is 4.51. The van der Waals surface area contributed by atoms with E-state index in [1.807, 2.05) is 19.9 Å². The average Bonchev–Trinajstić information content (AvgIpc) is 2.71. The molecule has 0 aliphatic carbocycles. The lowest BCUT2D eigenvalue weighted by Crippen LogP contribution is -2.25. The van der Waals surface area contributed by atoms with Crippen LogP contribution in [0.2, 0.25) is 5.02 Å². The molecule has 0 radical (unpaired) electrons. The van der Waals surface area contributed by atoms with Gasteiger partial charge in [0.1, 0.15) is 11.5 Å². The normalized spacial score (nSPS) is 11.8. The van der Waals surface area contributed by atoms with Crippen LogP contribution in [0.5, 0.6) is 23.0 Å². The molecule has 1 amide bonds. The van der Waals surface area contributed by atoms with Gasteiger partial charge in [-0.15, -0.1) is 0 Å². The third-order valence-electron chi connectivity index (χ3n) is 4.23. The zero-order valence-electron chi connectivity index (χ0n) is 17.2. The highest BCUT2D eigenvalue weighted by Crippen LogP contribution is 2.36. The summed E-state index contributed by atoms with van der Waals surface area (Å²) in [5, 5.41) is 3.33. The molecule has 2 aromatic rings. The van der Waals surface area contributed by atoms with Crippen LogP contribution in [-0.4, -0.2) is 33.8 Å². The van der Waals surface area contributed by atoms with Gasteiger partial charge in [0.15, 0.2) is 11.5 Å². The fourth-order valence-corrected chi connectivity index (χ4v) is 3.13. The van der Waals surface area contributed by atoms with Gasteiger partial charge in [0, 0.05) is 11.6 Å². The van der Waals surface area contributed by atoms with E-state index in [1.54, 1.807) is 44.6 Å². The van der Waals surface area contributed by atoms with Crippen LogP contribution in [0.15, 0.2) is 36.4 Å². The Labute approximate surface area is 176 Å². The summed E-state index contributed by atoms with van der Waals surface area (Å²) < 4.78 is 21.5. The molecule has 0 aliphatic heterocycles. The first-order valence-electron chi connectivity index (χ1n) is 9.14. The van der Waals surface area contributed by atoms with E-state index in [0.717, 1.165) is 11.1 Å². The first-order valence-corrected chi connectivity index (χ1v) is 9.52. The van der Waals surface area contributed by atoms with Crippen molar-refractivity contribution >= 4 is 23.6 Å². The zero-order chi connectivity index (χ0) is 21.4. The number of halogens is 1. The van der Waals surface area contributed by atoms with E-state index < -0.39 is 0 Å². The molecule has 156 valence electrons. The van der Waals surface area contributed by atoms with Gasteiger partial charge >= 0.3 is 0 Å². The Balaban J connectivity index is 2.16. The highest BCUT2D eigenvalue weighted by molar-refractivity contribution is 6.32. The minimum Gasteiger partial charge on any atom is -0.497 e. The standard InChI is InChI=1S/C22H26ClNO5/c1-6-29-20-12-15(11-18(23)22(20)28-5)7-10-21(25)24-14(2)17-13-16(26-3)8-9-19(17)27-4/h7-14H,6H2,1-5H3,(H,24,25)/b10-7+/t14-/m0/s1. The van der Waals surface area contributed by atoms with E-state index in [-0.39, 0.29) is 11.9 Å². The molecular weight excluding hydrogens is 394 g/mol. The Bertz CT molecular complexity index is 882. The molecule has 0 fully saturated rings. The predicted molar refractivity (Wildman–Crippen MR) is 114 cm³/mol. The van der Waals surface area contributed by atoms with E-state index in [9.17, 15) is 4.79 Å². The largest absolute Gasteiger partial charge is 0.497 e. The number of hydrogen-bond donors (Lipinski definition) is 1. The summed E-state index contributed by atoms with van der Waals surface area (Å²) in [5.74, 6) is 2.10. The summed E-state index contributed by atoms with van der Waals surface area (Å²) in [5.41, 5.74) is 1.54. The minimum absolute atomic E-state index is 0.257. The van der Waals surface area contributed by atoms with Crippen molar-refractivity contribution in [2.24, 2.45) is 0 Å². The van der Waals surface area contributed by atoms with Crippen LogP contribution in [-0.2, 0) is 4.79 Å². The summed E-state index contributed by atoms with van der Waals surface area (Å²) in [4.78, 5) is 12.4. The van der Waals surface area contributed by atoms with Gasteiger partial charge < -0.3 is 24.3 Å². The van der Waals surface area contributed by atoms with E-state index in [0.29, 0.717) is 34.6 Å². The van der Waals surface area contributed by atoms with Gasteiger partial charge in [-0.05, 0) is 55.8 Å². The smallest absolute Gasteiger partial charge is 0.244 e. The lowest BCUT2D eigenvalue weighted by Gasteiger charge is -2.17. The highest BCUT2D eigenvalue weighted by atomic mass is 35.5. The topological polar surface area (TPSA) is 66.0 Å². The summed E-state index contributed by atoms with van der Waals surface area (Å²) in [6.07, 6.45) is 3.11. The monoisotopic (exact) mass is 419 g/mol. The Morgan fingerprint density at radius 2 is 1.86 bits per heavy atom. The van der Waals surface area contributed by atoms with Crippen LogP contribution < -0.4 is 24.3 Å². The van der Waals surface area contributed by atoms with Gasteiger partial charge in [0.25, 0.3) is 0 Å². The van der Waals surface area contributed by atoms with Gasteiger partial charge in [-0.1, -0.05) is 11.6 Å². The maximum absolute atomic E-state index is 12.4. The lowest BCUT2D eigenvalue weighted by molar-refractivity contribution is -0.117. The molecule has 1 atom stereocenters. The van der Waals surface area contributed by atoms with Crippen molar-refractivity contribution in [2.75, 3.05) is 27.9 Å². The molecule has 7 heteroatoms. The van der Waals surface area contributed by atoms with E-state index in [2.05, 4.69) is 5.32 Å². The quantitative estimate of drug-likeness (QED) is 0.599. The second-order valence-electron chi connectivity index (χ2n) is 6.14. The Morgan fingerprint density at radius 3 is 2.48 bits per heavy atom. The maximum Gasteiger partial charge on any atom is 0.244 e. The number of nitrogens with one attached hydrogen (secondary N) is 1. The van der Waals surface area contributed by atoms with Gasteiger partial charge in [-0.25, -0.2) is 0 Å². The van der Waals surface area contributed by atoms with Crippen molar-refractivity contribution in [3.05, 3.63) is 52.6 Å². The van der Waals surface area contributed by atoms with Gasteiger partial charge in [0.05, 0.1) is 39.0 Å². The highest BCUT2D eigenvalue weighted by Gasteiger charge is 2.15. The molecule has 0 aliphatic rings. The van der Waals surface area contributed by atoms with E-state index >= 15 is 0 Å². The Kier molecular flexibility index (Phi) is 8.21. The van der Waals surface area contributed by atoms with E-state index in [4.69, 9.17) is 30.5 Å². The molecule has 2 rings (SSSR count). The first kappa shape index (κ1) is 22.4. The fraction of sp³-hybridized carbons (Fsp3) is 0.318. The number of benzene rings is 2. The van der Waals surface area contributed by atoms with Crippen molar-refractivity contribution in [3.63, 3.8) is 0 Å². The van der Waals surface area contributed by atoms with Crippen LogP contribution in [0.1, 0.15) is 31.0 Å². The van der Waals surface area contributed by atoms with Gasteiger partial charge in [0.2, 0.25) is 5.91 Å². The lowest BCUT2D eigenvalue weighted by atomic mass is 10.1. The van der Waals surface area contributed by atoms with Crippen molar-refractivity contribution in [3.8, 4) is 23.0 Å². The average molecular weight is 420 g/mol. The number of hydrogen-bond acceptors (Lipinski definition) is 5. The first-order chi connectivity index (χ1) is 13.9. The summed E-state index contributed by atoms with van der Waals surface area (Å²) >= 11 is 6.25. The molecule has 0 unspecified atom stereocenters. The molecule has 0 bridgehead atoms. The second-order valence-corrected chi connectivity index (χ2v) is 6.55. The number of carbonyl (C=O) groups is 1. The third kappa shape index (κ3) is 5.81. The zero-order valence-corrected chi connectivity index (χ0v) is 18.0. The molecule has 0 spiro atoms.